The van der Waals surface area contributed by atoms with E-state index in [2.05, 4.69) is 26.7 Å². The molecule has 26 heavy (non-hydrogen) atoms. The van der Waals surface area contributed by atoms with Gasteiger partial charge in [0.2, 0.25) is 0 Å². The monoisotopic (exact) mass is 353 g/mol. The van der Waals surface area contributed by atoms with Crippen LogP contribution in [0.1, 0.15) is 28.8 Å². The van der Waals surface area contributed by atoms with E-state index in [0.29, 0.717) is 18.1 Å². The number of likely N-dealkylation sites (N-methyl/N-ethyl adjacent to an activating group) is 1. The van der Waals surface area contributed by atoms with Crippen LogP contribution in [0.15, 0.2) is 36.4 Å². The Hall–Kier alpha value is -2.47. The van der Waals surface area contributed by atoms with Crippen molar-refractivity contribution in [2.45, 2.75) is 20.4 Å². The molecule has 0 N–H and O–H groups in total. The van der Waals surface area contributed by atoms with Crippen LogP contribution in [0.5, 0.6) is 0 Å². The molecule has 0 atom stereocenters. The number of rotatable bonds is 5. The van der Waals surface area contributed by atoms with Crippen molar-refractivity contribution < 1.29 is 4.79 Å². The minimum Gasteiger partial charge on any atom is -0.354 e. The van der Waals surface area contributed by atoms with Gasteiger partial charge in [0.15, 0.2) is 0 Å². The van der Waals surface area contributed by atoms with Gasteiger partial charge < -0.3 is 14.7 Å². The molecule has 1 fully saturated rings. The maximum absolute atomic E-state index is 12.8. The molecule has 2 heterocycles. The van der Waals surface area contributed by atoms with E-state index in [1.807, 2.05) is 50.4 Å². The Balaban J connectivity index is 1.73. The van der Waals surface area contributed by atoms with Crippen LogP contribution in [0.25, 0.3) is 0 Å². The number of carbonyl (C=O) groups excluding carboxylic acids is 1. The van der Waals surface area contributed by atoms with Crippen molar-refractivity contribution in [2.75, 3.05) is 44.7 Å². The van der Waals surface area contributed by atoms with Gasteiger partial charge >= 0.3 is 0 Å². The summed E-state index contributed by atoms with van der Waals surface area (Å²) in [5, 5.41) is 0. The van der Waals surface area contributed by atoms with Crippen LogP contribution in [-0.4, -0.2) is 65.4 Å². The zero-order valence-corrected chi connectivity index (χ0v) is 15.9. The lowest BCUT2D eigenvalue weighted by atomic mass is 10.2. The molecule has 1 aliphatic heterocycles. The molecule has 2 aromatic rings. The first-order chi connectivity index (χ1) is 12.6. The lowest BCUT2D eigenvalue weighted by Crippen LogP contribution is -2.46. The molecule has 0 unspecified atom stereocenters. The van der Waals surface area contributed by atoms with Gasteiger partial charge in [0.1, 0.15) is 17.3 Å². The average molecular weight is 353 g/mol. The number of aromatic nitrogens is 2. The van der Waals surface area contributed by atoms with E-state index in [9.17, 15) is 4.79 Å². The fourth-order valence-corrected chi connectivity index (χ4v) is 3.24. The van der Waals surface area contributed by atoms with Gasteiger partial charge in [0.25, 0.3) is 5.91 Å². The van der Waals surface area contributed by atoms with E-state index in [1.54, 1.807) is 4.90 Å². The number of amides is 1. The number of aryl methyl sites for hydroxylation is 1. The maximum Gasteiger partial charge on any atom is 0.272 e. The van der Waals surface area contributed by atoms with E-state index in [4.69, 9.17) is 0 Å². The van der Waals surface area contributed by atoms with E-state index in [1.165, 1.54) is 0 Å². The lowest BCUT2D eigenvalue weighted by Gasteiger charge is -2.35. The molecule has 6 heteroatoms. The van der Waals surface area contributed by atoms with Crippen molar-refractivity contribution in [3.05, 3.63) is 53.5 Å². The SMILES string of the molecule is CCN1CCN(c2cc(C(=O)N(C)Cc3ccccc3)nc(C)n2)CC1. The van der Waals surface area contributed by atoms with E-state index >= 15 is 0 Å². The molecule has 6 nitrogen and oxygen atoms in total. The first-order valence-electron chi connectivity index (χ1n) is 9.19. The third-order valence-corrected chi connectivity index (χ3v) is 4.80. The third kappa shape index (κ3) is 4.38. The highest BCUT2D eigenvalue weighted by Crippen LogP contribution is 2.17. The summed E-state index contributed by atoms with van der Waals surface area (Å²) < 4.78 is 0. The summed E-state index contributed by atoms with van der Waals surface area (Å²) in [5.41, 5.74) is 1.56. The Labute approximate surface area is 155 Å². The number of nitrogens with zero attached hydrogens (tertiary/aromatic N) is 5. The van der Waals surface area contributed by atoms with Gasteiger partial charge in [-0.2, -0.15) is 0 Å². The van der Waals surface area contributed by atoms with Gasteiger partial charge in [-0.05, 0) is 19.0 Å². The highest BCUT2D eigenvalue weighted by Gasteiger charge is 2.20. The Morgan fingerprint density at radius 3 is 2.46 bits per heavy atom. The second-order valence-electron chi connectivity index (χ2n) is 6.73. The molecule has 1 aliphatic rings. The van der Waals surface area contributed by atoms with Crippen molar-refractivity contribution in [3.8, 4) is 0 Å². The summed E-state index contributed by atoms with van der Waals surface area (Å²) in [6.45, 7) is 9.57. The summed E-state index contributed by atoms with van der Waals surface area (Å²) in [6, 6.07) is 11.8. The summed E-state index contributed by atoms with van der Waals surface area (Å²) >= 11 is 0. The smallest absolute Gasteiger partial charge is 0.272 e. The maximum atomic E-state index is 12.8. The minimum atomic E-state index is -0.0761. The third-order valence-electron chi connectivity index (χ3n) is 4.80. The molecular weight excluding hydrogens is 326 g/mol. The van der Waals surface area contributed by atoms with Crippen LogP contribution in [0.2, 0.25) is 0 Å². The number of anilines is 1. The predicted molar refractivity (Wildman–Crippen MR) is 103 cm³/mol. The minimum absolute atomic E-state index is 0.0761. The van der Waals surface area contributed by atoms with Crippen molar-refractivity contribution in [3.63, 3.8) is 0 Å². The van der Waals surface area contributed by atoms with Crippen LogP contribution < -0.4 is 4.90 Å². The number of piperazine rings is 1. The number of hydrogen-bond acceptors (Lipinski definition) is 5. The summed E-state index contributed by atoms with van der Waals surface area (Å²) in [5.74, 6) is 1.41. The highest BCUT2D eigenvalue weighted by molar-refractivity contribution is 5.92. The van der Waals surface area contributed by atoms with Crippen molar-refractivity contribution >= 4 is 11.7 Å². The van der Waals surface area contributed by atoms with Crippen molar-refractivity contribution in [2.24, 2.45) is 0 Å². The number of carbonyl (C=O) groups is 1. The summed E-state index contributed by atoms with van der Waals surface area (Å²) in [6.07, 6.45) is 0. The fourth-order valence-electron chi connectivity index (χ4n) is 3.24. The number of hydrogen-bond donors (Lipinski definition) is 0. The molecule has 1 saturated heterocycles. The first kappa shape index (κ1) is 18.3. The first-order valence-corrected chi connectivity index (χ1v) is 9.19. The Bertz CT molecular complexity index is 741. The molecule has 0 bridgehead atoms. The normalized spacial score (nSPS) is 15.1. The van der Waals surface area contributed by atoms with Crippen LogP contribution in [-0.2, 0) is 6.54 Å². The topological polar surface area (TPSA) is 52.6 Å². The zero-order chi connectivity index (χ0) is 18.5. The molecule has 138 valence electrons. The number of benzene rings is 1. The summed E-state index contributed by atoms with van der Waals surface area (Å²) in [7, 11) is 1.81. The molecule has 1 amide bonds. The van der Waals surface area contributed by atoms with Gasteiger partial charge in [-0.15, -0.1) is 0 Å². The van der Waals surface area contributed by atoms with Crippen molar-refractivity contribution in [1.29, 1.82) is 0 Å². The van der Waals surface area contributed by atoms with Gasteiger partial charge in [-0.25, -0.2) is 9.97 Å². The van der Waals surface area contributed by atoms with Gasteiger partial charge in [-0.3, -0.25) is 4.79 Å². The largest absolute Gasteiger partial charge is 0.354 e. The Morgan fingerprint density at radius 2 is 1.81 bits per heavy atom. The molecule has 0 spiro atoms. The van der Waals surface area contributed by atoms with Crippen LogP contribution >= 0.6 is 0 Å². The van der Waals surface area contributed by atoms with Gasteiger partial charge in [-0.1, -0.05) is 37.3 Å². The average Bonchev–Trinajstić information content (AvgIpc) is 2.67. The van der Waals surface area contributed by atoms with Crippen molar-refractivity contribution in [1.82, 2.24) is 19.8 Å². The van der Waals surface area contributed by atoms with Gasteiger partial charge in [0, 0.05) is 45.8 Å². The predicted octanol–water partition coefficient (Wildman–Crippen LogP) is 2.20. The molecule has 0 saturated carbocycles. The molecule has 1 aromatic carbocycles. The van der Waals surface area contributed by atoms with E-state index in [0.717, 1.165) is 44.1 Å². The lowest BCUT2D eigenvalue weighted by molar-refractivity contribution is 0.0779. The Morgan fingerprint density at radius 1 is 1.12 bits per heavy atom. The molecule has 0 radical (unpaired) electrons. The van der Waals surface area contributed by atoms with Crippen LogP contribution in [0, 0.1) is 6.92 Å². The molecule has 3 rings (SSSR count). The summed E-state index contributed by atoms with van der Waals surface area (Å²) in [4.78, 5) is 28.2. The zero-order valence-electron chi connectivity index (χ0n) is 15.9. The quantitative estimate of drug-likeness (QED) is 0.825. The standard InChI is InChI=1S/C20H27N5O/c1-4-24-10-12-25(13-11-24)19-14-18(21-16(2)22-19)20(26)23(3)15-17-8-6-5-7-9-17/h5-9,14H,4,10-13,15H2,1-3H3. The molecule has 1 aromatic heterocycles. The fraction of sp³-hybridized carbons (Fsp3) is 0.450. The van der Waals surface area contributed by atoms with E-state index < -0.39 is 0 Å². The second-order valence-corrected chi connectivity index (χ2v) is 6.73. The van der Waals surface area contributed by atoms with Crippen LogP contribution in [0.4, 0.5) is 5.82 Å². The van der Waals surface area contributed by atoms with E-state index in [-0.39, 0.29) is 5.91 Å². The second kappa shape index (κ2) is 8.27. The Kier molecular flexibility index (Phi) is 5.83. The highest BCUT2D eigenvalue weighted by atomic mass is 16.2. The van der Waals surface area contributed by atoms with Crippen LogP contribution in [0.3, 0.4) is 0 Å². The van der Waals surface area contributed by atoms with Gasteiger partial charge in [0.05, 0.1) is 0 Å². The molecular formula is C20H27N5O. The molecule has 0 aliphatic carbocycles.